The summed E-state index contributed by atoms with van der Waals surface area (Å²) >= 11 is 0. The van der Waals surface area contributed by atoms with Crippen LogP contribution in [-0.2, 0) is 9.59 Å². The topological polar surface area (TPSA) is 84.2 Å². The minimum Gasteiger partial charge on any atom is -0.360 e. The van der Waals surface area contributed by atoms with E-state index in [9.17, 15) is 9.59 Å². The molecule has 3 rings (SSSR count). The average molecular weight is 327 g/mol. The first kappa shape index (κ1) is 16.2. The van der Waals surface area contributed by atoms with Gasteiger partial charge in [0.2, 0.25) is 11.8 Å². The molecule has 24 heavy (non-hydrogen) atoms. The Labute approximate surface area is 140 Å². The summed E-state index contributed by atoms with van der Waals surface area (Å²) < 4.78 is 4.91. The van der Waals surface area contributed by atoms with E-state index in [-0.39, 0.29) is 23.7 Å². The van der Waals surface area contributed by atoms with Crippen LogP contribution < -0.4 is 10.6 Å². The summed E-state index contributed by atoms with van der Waals surface area (Å²) in [7, 11) is 0. The Bertz CT molecular complexity index is 787. The van der Waals surface area contributed by atoms with Crippen molar-refractivity contribution in [2.45, 2.75) is 34.1 Å². The molecule has 1 saturated carbocycles. The molecule has 6 nitrogen and oxygen atoms in total. The molecular weight excluding hydrogens is 306 g/mol. The minimum atomic E-state index is -0.312. The summed E-state index contributed by atoms with van der Waals surface area (Å²) in [5.74, 6) is 0.1000. The van der Waals surface area contributed by atoms with Crippen LogP contribution in [-0.4, -0.2) is 17.0 Å². The number of amides is 2. The van der Waals surface area contributed by atoms with Crippen LogP contribution in [0.5, 0.6) is 0 Å². The van der Waals surface area contributed by atoms with E-state index in [2.05, 4.69) is 15.8 Å². The normalized spacial score (nSPS) is 19.0. The largest absolute Gasteiger partial charge is 0.360 e. The Morgan fingerprint density at radius 3 is 2.12 bits per heavy atom. The summed E-state index contributed by atoms with van der Waals surface area (Å²) in [5.41, 5.74) is 4.06. The maximum absolute atomic E-state index is 12.4. The predicted octanol–water partition coefficient (Wildman–Crippen LogP) is 3.12. The zero-order valence-electron chi connectivity index (χ0n) is 14.3. The molecule has 0 radical (unpaired) electrons. The van der Waals surface area contributed by atoms with Crippen LogP contribution in [0, 0.1) is 39.5 Å². The molecule has 2 atom stereocenters. The molecule has 0 aliphatic heterocycles. The number of rotatable bonds is 4. The van der Waals surface area contributed by atoms with Gasteiger partial charge in [-0.2, -0.15) is 0 Å². The molecule has 2 unspecified atom stereocenters. The standard InChI is InChI=1S/C18H21N3O3/c1-9-5-10(2)16(11(3)6-9)20-18(23)14-8-13(14)17(22)19-15-7-12(4)24-21-15/h5-7,13-14H,8H2,1-4H3,(H,20,23)(H,19,21,22). The fourth-order valence-corrected chi connectivity index (χ4v) is 3.01. The molecule has 1 heterocycles. The fraction of sp³-hybridized carbons (Fsp3) is 0.389. The van der Waals surface area contributed by atoms with Crippen LogP contribution >= 0.6 is 0 Å². The van der Waals surface area contributed by atoms with Gasteiger partial charge >= 0.3 is 0 Å². The van der Waals surface area contributed by atoms with Gasteiger partial charge in [0.05, 0.1) is 11.8 Å². The highest BCUT2D eigenvalue weighted by molar-refractivity contribution is 6.03. The Morgan fingerprint density at radius 2 is 1.58 bits per heavy atom. The first-order valence-electron chi connectivity index (χ1n) is 7.98. The Kier molecular flexibility index (Phi) is 4.13. The first-order chi connectivity index (χ1) is 11.3. The number of aryl methyl sites for hydroxylation is 4. The second-order valence-electron chi connectivity index (χ2n) is 6.52. The Hall–Kier alpha value is -2.63. The van der Waals surface area contributed by atoms with Crippen molar-refractivity contribution in [3.05, 3.63) is 40.6 Å². The number of benzene rings is 1. The van der Waals surface area contributed by atoms with Crippen LogP contribution in [0.3, 0.4) is 0 Å². The number of hydrogen-bond donors (Lipinski definition) is 2. The van der Waals surface area contributed by atoms with E-state index >= 15 is 0 Å². The van der Waals surface area contributed by atoms with Gasteiger partial charge in [-0.15, -0.1) is 0 Å². The van der Waals surface area contributed by atoms with Crippen LogP contribution in [0.15, 0.2) is 22.7 Å². The molecule has 0 bridgehead atoms. The summed E-state index contributed by atoms with van der Waals surface area (Å²) in [4.78, 5) is 24.6. The smallest absolute Gasteiger partial charge is 0.229 e. The molecule has 0 spiro atoms. The van der Waals surface area contributed by atoms with Gasteiger partial charge < -0.3 is 15.2 Å². The van der Waals surface area contributed by atoms with Gasteiger partial charge in [-0.05, 0) is 45.2 Å². The molecule has 1 aromatic carbocycles. The van der Waals surface area contributed by atoms with E-state index in [1.54, 1.807) is 13.0 Å². The second kappa shape index (κ2) is 6.11. The third-order valence-electron chi connectivity index (χ3n) is 4.27. The van der Waals surface area contributed by atoms with Gasteiger partial charge in [-0.25, -0.2) is 0 Å². The summed E-state index contributed by atoms with van der Waals surface area (Å²) in [6.45, 7) is 7.72. The van der Waals surface area contributed by atoms with Gasteiger partial charge in [-0.3, -0.25) is 9.59 Å². The van der Waals surface area contributed by atoms with Crippen LogP contribution in [0.4, 0.5) is 11.5 Å². The SMILES string of the molecule is Cc1cc(C)c(NC(=O)C2CC2C(=O)Nc2cc(C)on2)c(C)c1. The van der Waals surface area contributed by atoms with Crippen molar-refractivity contribution in [1.82, 2.24) is 5.16 Å². The van der Waals surface area contributed by atoms with Crippen molar-refractivity contribution in [2.75, 3.05) is 10.6 Å². The molecule has 2 aromatic rings. The van der Waals surface area contributed by atoms with E-state index in [1.165, 1.54) is 0 Å². The highest BCUT2D eigenvalue weighted by Crippen LogP contribution is 2.40. The molecule has 6 heteroatoms. The van der Waals surface area contributed by atoms with Gasteiger partial charge in [-0.1, -0.05) is 22.9 Å². The maximum Gasteiger partial charge on any atom is 0.229 e. The third-order valence-corrected chi connectivity index (χ3v) is 4.27. The van der Waals surface area contributed by atoms with Gasteiger partial charge in [0.1, 0.15) is 5.76 Å². The van der Waals surface area contributed by atoms with Crippen molar-refractivity contribution in [3.63, 3.8) is 0 Å². The number of aromatic nitrogens is 1. The Morgan fingerprint density at radius 1 is 1.00 bits per heavy atom. The summed E-state index contributed by atoms with van der Waals surface area (Å²) in [5, 5.41) is 9.37. The quantitative estimate of drug-likeness (QED) is 0.903. The number of nitrogens with one attached hydrogen (secondary N) is 2. The van der Waals surface area contributed by atoms with E-state index in [0.29, 0.717) is 18.0 Å². The maximum atomic E-state index is 12.4. The van der Waals surface area contributed by atoms with Crippen LogP contribution in [0.1, 0.15) is 28.9 Å². The monoisotopic (exact) mass is 327 g/mol. The van der Waals surface area contributed by atoms with Crippen molar-refractivity contribution in [1.29, 1.82) is 0 Å². The highest BCUT2D eigenvalue weighted by atomic mass is 16.5. The van der Waals surface area contributed by atoms with Crippen molar-refractivity contribution in [2.24, 2.45) is 11.8 Å². The lowest BCUT2D eigenvalue weighted by molar-refractivity contribution is -0.122. The Balaban J connectivity index is 1.61. The van der Waals surface area contributed by atoms with E-state index in [4.69, 9.17) is 4.52 Å². The van der Waals surface area contributed by atoms with Crippen LogP contribution in [0.25, 0.3) is 0 Å². The van der Waals surface area contributed by atoms with Crippen molar-refractivity contribution < 1.29 is 14.1 Å². The zero-order chi connectivity index (χ0) is 17.4. The summed E-state index contributed by atoms with van der Waals surface area (Å²) in [6, 6.07) is 5.72. The molecule has 1 aliphatic carbocycles. The first-order valence-corrected chi connectivity index (χ1v) is 7.98. The molecule has 0 saturated heterocycles. The molecule has 2 amide bonds. The third kappa shape index (κ3) is 3.32. The van der Waals surface area contributed by atoms with Gasteiger partial charge in [0, 0.05) is 11.8 Å². The average Bonchev–Trinajstić information content (AvgIpc) is 3.20. The lowest BCUT2D eigenvalue weighted by Gasteiger charge is -2.12. The molecule has 1 aliphatic rings. The van der Waals surface area contributed by atoms with E-state index in [1.807, 2.05) is 32.9 Å². The molecule has 1 aromatic heterocycles. The van der Waals surface area contributed by atoms with Crippen molar-refractivity contribution in [3.8, 4) is 0 Å². The summed E-state index contributed by atoms with van der Waals surface area (Å²) in [6.07, 6.45) is 0.554. The molecular formula is C18H21N3O3. The zero-order valence-corrected chi connectivity index (χ0v) is 14.3. The predicted molar refractivity (Wildman–Crippen MR) is 90.7 cm³/mol. The highest BCUT2D eigenvalue weighted by Gasteiger charge is 2.48. The van der Waals surface area contributed by atoms with Crippen LogP contribution in [0.2, 0.25) is 0 Å². The second-order valence-corrected chi connectivity index (χ2v) is 6.52. The van der Waals surface area contributed by atoms with E-state index < -0.39 is 0 Å². The van der Waals surface area contributed by atoms with E-state index in [0.717, 1.165) is 22.4 Å². The molecule has 126 valence electrons. The lowest BCUT2D eigenvalue weighted by Crippen LogP contribution is -2.21. The van der Waals surface area contributed by atoms with Crippen molar-refractivity contribution >= 4 is 23.3 Å². The number of carbonyl (C=O) groups is 2. The number of nitrogens with zero attached hydrogens (tertiary/aromatic N) is 1. The number of carbonyl (C=O) groups excluding carboxylic acids is 2. The lowest BCUT2D eigenvalue weighted by atomic mass is 10.0. The molecule has 1 fully saturated rings. The fourth-order valence-electron chi connectivity index (χ4n) is 3.01. The number of anilines is 2. The minimum absolute atomic E-state index is 0.110. The number of hydrogen-bond acceptors (Lipinski definition) is 4. The van der Waals surface area contributed by atoms with Gasteiger partial charge in [0.15, 0.2) is 5.82 Å². The molecule has 2 N–H and O–H groups in total. The van der Waals surface area contributed by atoms with Gasteiger partial charge in [0.25, 0.3) is 0 Å².